The van der Waals surface area contributed by atoms with Crippen molar-refractivity contribution in [3.05, 3.63) is 35.9 Å². The Bertz CT molecular complexity index is 518. The van der Waals surface area contributed by atoms with Crippen LogP contribution in [-0.2, 0) is 16.1 Å². The van der Waals surface area contributed by atoms with Crippen LogP contribution < -0.4 is 5.32 Å². The molecule has 0 aromatic heterocycles. The van der Waals surface area contributed by atoms with Crippen molar-refractivity contribution in [3.8, 4) is 0 Å². The first-order valence-electron chi connectivity index (χ1n) is 8.29. The quantitative estimate of drug-likeness (QED) is 0.865. The Hall–Kier alpha value is -1.88. The molecular formula is C18H27N3O2. The maximum atomic E-state index is 11.9. The molecule has 0 aliphatic carbocycles. The predicted octanol–water partition coefficient (Wildman–Crippen LogP) is 1.49. The fourth-order valence-electron chi connectivity index (χ4n) is 2.94. The van der Waals surface area contributed by atoms with E-state index in [1.54, 1.807) is 7.05 Å². The number of likely N-dealkylation sites (N-methyl/N-ethyl adjacent to an activating group) is 1. The summed E-state index contributed by atoms with van der Waals surface area (Å²) < 4.78 is 0. The average molecular weight is 317 g/mol. The van der Waals surface area contributed by atoms with E-state index < -0.39 is 0 Å². The van der Waals surface area contributed by atoms with Gasteiger partial charge in [-0.3, -0.25) is 14.5 Å². The van der Waals surface area contributed by atoms with E-state index in [0.717, 1.165) is 26.1 Å². The Morgan fingerprint density at radius 1 is 1.30 bits per heavy atom. The Kier molecular flexibility index (Phi) is 6.59. The van der Waals surface area contributed by atoms with Crippen molar-refractivity contribution in [2.45, 2.75) is 26.3 Å². The molecule has 1 atom stereocenters. The number of carbonyl (C=O) groups is 2. The second-order valence-electron chi connectivity index (χ2n) is 6.41. The number of benzene rings is 1. The van der Waals surface area contributed by atoms with Crippen LogP contribution in [0.3, 0.4) is 0 Å². The Balaban J connectivity index is 1.73. The number of nitrogens with zero attached hydrogens (tertiary/aromatic N) is 2. The molecule has 0 spiro atoms. The fraction of sp³-hybridized carbons (Fsp3) is 0.556. The molecule has 5 heteroatoms. The molecule has 126 valence electrons. The summed E-state index contributed by atoms with van der Waals surface area (Å²) in [6.07, 6.45) is 2.31. The lowest BCUT2D eigenvalue weighted by atomic mass is 9.97. The molecule has 0 bridgehead atoms. The molecule has 23 heavy (non-hydrogen) atoms. The van der Waals surface area contributed by atoms with E-state index in [-0.39, 0.29) is 18.4 Å². The van der Waals surface area contributed by atoms with Gasteiger partial charge in [0.2, 0.25) is 11.8 Å². The molecule has 1 fully saturated rings. The van der Waals surface area contributed by atoms with Crippen LogP contribution in [0.2, 0.25) is 0 Å². The zero-order valence-electron chi connectivity index (χ0n) is 14.1. The van der Waals surface area contributed by atoms with Crippen molar-refractivity contribution >= 4 is 11.8 Å². The summed E-state index contributed by atoms with van der Waals surface area (Å²) in [5.41, 5.74) is 1.33. The van der Waals surface area contributed by atoms with Gasteiger partial charge in [0.25, 0.3) is 0 Å². The fourth-order valence-corrected chi connectivity index (χ4v) is 2.94. The zero-order chi connectivity index (χ0) is 16.7. The van der Waals surface area contributed by atoms with Gasteiger partial charge >= 0.3 is 0 Å². The highest BCUT2D eigenvalue weighted by Gasteiger charge is 2.20. The molecule has 2 amide bonds. The first-order valence-corrected chi connectivity index (χ1v) is 8.29. The van der Waals surface area contributed by atoms with Crippen molar-refractivity contribution in [1.82, 2.24) is 15.1 Å². The van der Waals surface area contributed by atoms with E-state index in [0.29, 0.717) is 12.5 Å². The smallest absolute Gasteiger partial charge is 0.239 e. The molecule has 1 heterocycles. The maximum Gasteiger partial charge on any atom is 0.239 e. The van der Waals surface area contributed by atoms with Crippen LogP contribution in [0.1, 0.15) is 25.3 Å². The summed E-state index contributed by atoms with van der Waals surface area (Å²) >= 11 is 0. The van der Waals surface area contributed by atoms with Gasteiger partial charge in [0.05, 0.1) is 6.54 Å². The SMILES string of the molecule is CC(=O)N(C)CC(=O)NCC1CCCN(Cc2ccccc2)C1. The van der Waals surface area contributed by atoms with Gasteiger partial charge in [0.1, 0.15) is 0 Å². The number of carbonyl (C=O) groups excluding carboxylic acids is 2. The van der Waals surface area contributed by atoms with E-state index in [2.05, 4.69) is 34.5 Å². The highest BCUT2D eigenvalue weighted by Crippen LogP contribution is 2.18. The van der Waals surface area contributed by atoms with Crippen molar-refractivity contribution in [3.63, 3.8) is 0 Å². The van der Waals surface area contributed by atoms with E-state index in [4.69, 9.17) is 0 Å². The van der Waals surface area contributed by atoms with Gasteiger partial charge in [0.15, 0.2) is 0 Å². The van der Waals surface area contributed by atoms with Gasteiger partial charge < -0.3 is 10.2 Å². The van der Waals surface area contributed by atoms with Crippen LogP contribution in [0, 0.1) is 5.92 Å². The minimum Gasteiger partial charge on any atom is -0.354 e. The summed E-state index contributed by atoms with van der Waals surface area (Å²) in [6.45, 7) is 5.39. The van der Waals surface area contributed by atoms with E-state index in [1.165, 1.54) is 23.8 Å². The molecule has 1 N–H and O–H groups in total. The van der Waals surface area contributed by atoms with Crippen LogP contribution >= 0.6 is 0 Å². The lowest BCUT2D eigenvalue weighted by Crippen LogP contribution is -2.43. The minimum absolute atomic E-state index is 0.0807. The van der Waals surface area contributed by atoms with Crippen molar-refractivity contribution < 1.29 is 9.59 Å². The number of hydrogen-bond donors (Lipinski definition) is 1. The number of hydrogen-bond acceptors (Lipinski definition) is 3. The second kappa shape index (κ2) is 8.67. The summed E-state index contributed by atoms with van der Waals surface area (Å²) in [5, 5.41) is 2.96. The number of amides is 2. The summed E-state index contributed by atoms with van der Waals surface area (Å²) in [5.74, 6) is 0.314. The molecule has 0 radical (unpaired) electrons. The van der Waals surface area contributed by atoms with Gasteiger partial charge in [-0.2, -0.15) is 0 Å². The Labute approximate surface area is 138 Å². The van der Waals surface area contributed by atoms with Gasteiger partial charge in [-0.25, -0.2) is 0 Å². The van der Waals surface area contributed by atoms with Crippen molar-refractivity contribution in [2.75, 3.05) is 33.2 Å². The van der Waals surface area contributed by atoms with Gasteiger partial charge in [0, 0.05) is 33.6 Å². The molecule has 1 unspecified atom stereocenters. The summed E-state index contributed by atoms with van der Waals surface area (Å²) in [7, 11) is 1.64. The van der Waals surface area contributed by atoms with Crippen LogP contribution in [0.25, 0.3) is 0 Å². The highest BCUT2D eigenvalue weighted by atomic mass is 16.2. The third-order valence-electron chi connectivity index (χ3n) is 4.36. The molecule has 5 nitrogen and oxygen atoms in total. The first-order chi connectivity index (χ1) is 11.0. The third kappa shape index (κ3) is 6.02. The first kappa shape index (κ1) is 17.5. The number of rotatable bonds is 6. The molecule has 0 saturated carbocycles. The summed E-state index contributed by atoms with van der Waals surface area (Å²) in [4.78, 5) is 26.9. The normalized spacial score (nSPS) is 18.4. The number of nitrogens with one attached hydrogen (secondary N) is 1. The standard InChI is InChI=1S/C18H27N3O2/c1-15(22)20(2)14-18(23)19-11-17-9-6-10-21(13-17)12-16-7-4-3-5-8-16/h3-5,7-8,17H,6,9-14H2,1-2H3,(H,19,23). The second-order valence-corrected chi connectivity index (χ2v) is 6.41. The van der Waals surface area contributed by atoms with Crippen molar-refractivity contribution in [2.24, 2.45) is 5.92 Å². The molecule has 1 aromatic carbocycles. The van der Waals surface area contributed by atoms with Crippen LogP contribution in [0.15, 0.2) is 30.3 Å². The van der Waals surface area contributed by atoms with Gasteiger partial charge in [-0.1, -0.05) is 30.3 Å². The maximum absolute atomic E-state index is 11.9. The lowest BCUT2D eigenvalue weighted by Gasteiger charge is -2.33. The third-order valence-corrected chi connectivity index (χ3v) is 4.36. The van der Waals surface area contributed by atoms with E-state index >= 15 is 0 Å². The number of likely N-dealkylation sites (tertiary alicyclic amines) is 1. The zero-order valence-corrected chi connectivity index (χ0v) is 14.1. The van der Waals surface area contributed by atoms with Crippen LogP contribution in [-0.4, -0.2) is 54.8 Å². The predicted molar refractivity (Wildman–Crippen MR) is 90.8 cm³/mol. The monoisotopic (exact) mass is 317 g/mol. The largest absolute Gasteiger partial charge is 0.354 e. The number of piperidine rings is 1. The van der Waals surface area contributed by atoms with E-state index in [1.807, 2.05) is 6.07 Å². The van der Waals surface area contributed by atoms with E-state index in [9.17, 15) is 9.59 Å². The molecule has 1 aliphatic rings. The Morgan fingerprint density at radius 2 is 2.04 bits per heavy atom. The topological polar surface area (TPSA) is 52.7 Å². The minimum atomic E-state index is -0.0909. The molecule has 1 aliphatic heterocycles. The van der Waals surface area contributed by atoms with Crippen molar-refractivity contribution in [1.29, 1.82) is 0 Å². The van der Waals surface area contributed by atoms with Gasteiger partial charge in [-0.05, 0) is 30.9 Å². The molecule has 1 saturated heterocycles. The molecular weight excluding hydrogens is 290 g/mol. The van der Waals surface area contributed by atoms with Crippen LogP contribution in [0.4, 0.5) is 0 Å². The van der Waals surface area contributed by atoms with Crippen LogP contribution in [0.5, 0.6) is 0 Å². The molecule has 2 rings (SSSR count). The summed E-state index contributed by atoms with van der Waals surface area (Å²) in [6, 6.07) is 10.5. The van der Waals surface area contributed by atoms with Gasteiger partial charge in [-0.15, -0.1) is 0 Å². The lowest BCUT2D eigenvalue weighted by molar-refractivity contribution is -0.133. The highest BCUT2D eigenvalue weighted by molar-refractivity contribution is 5.83. The Morgan fingerprint density at radius 3 is 2.74 bits per heavy atom. The molecule has 1 aromatic rings. The average Bonchev–Trinajstić information content (AvgIpc) is 2.54.